The number of unbranched alkanes of at least 4 members (excludes halogenated alkanes) is 24. The Morgan fingerprint density at radius 1 is 0.533 bits per heavy atom. The molecule has 432 valence electrons. The van der Waals surface area contributed by atoms with Gasteiger partial charge in [0.25, 0.3) is 0 Å². The predicted molar refractivity (Wildman–Crippen MR) is 310 cm³/mol. The van der Waals surface area contributed by atoms with Gasteiger partial charge in [-0.15, -0.1) is 0 Å². The third-order valence-electron chi connectivity index (χ3n) is 13.8. The highest BCUT2D eigenvalue weighted by Crippen LogP contribution is 2.26. The van der Waals surface area contributed by atoms with E-state index in [4.69, 9.17) is 14.2 Å². The van der Waals surface area contributed by atoms with Crippen LogP contribution in [0.4, 0.5) is 0 Å². The molecule has 8 unspecified atom stereocenters. The molecule has 0 saturated carbocycles. The first-order valence-electron chi connectivity index (χ1n) is 30.4. The molecule has 11 nitrogen and oxygen atoms in total. The van der Waals surface area contributed by atoms with Gasteiger partial charge in [0.1, 0.15) is 24.4 Å². The maximum atomic E-state index is 13.4. The summed E-state index contributed by atoms with van der Waals surface area (Å²) in [5.41, 5.74) is 0. The number of esters is 1. The number of aliphatic hydroxyl groups excluding tert-OH is 5. The molecular formula is C64H111NO10. The van der Waals surface area contributed by atoms with Crippen molar-refractivity contribution in [1.82, 2.24) is 5.32 Å². The third-order valence-corrected chi connectivity index (χ3v) is 13.8. The Bertz CT molecular complexity index is 1540. The van der Waals surface area contributed by atoms with Gasteiger partial charge in [-0.25, -0.2) is 0 Å². The number of hydrogen-bond donors (Lipinski definition) is 6. The Hall–Kier alpha value is -3.16. The number of carbonyl (C=O) groups excluding carboxylic acids is 2. The van der Waals surface area contributed by atoms with E-state index in [1.54, 1.807) is 6.08 Å². The minimum Gasteiger partial charge on any atom is -0.454 e. The number of hydrogen-bond acceptors (Lipinski definition) is 10. The number of rotatable bonds is 50. The van der Waals surface area contributed by atoms with Crippen LogP contribution < -0.4 is 5.32 Å². The summed E-state index contributed by atoms with van der Waals surface area (Å²) in [6, 6.07) is -1.04. The first-order chi connectivity index (χ1) is 36.7. The molecule has 1 fully saturated rings. The molecule has 0 aromatic rings. The minimum absolute atomic E-state index is 0.120. The van der Waals surface area contributed by atoms with Gasteiger partial charge in [-0.3, -0.25) is 9.59 Å². The van der Waals surface area contributed by atoms with Crippen molar-refractivity contribution in [2.75, 3.05) is 13.2 Å². The van der Waals surface area contributed by atoms with Crippen LogP contribution in [0.1, 0.15) is 245 Å². The summed E-state index contributed by atoms with van der Waals surface area (Å²) in [7, 11) is 0. The van der Waals surface area contributed by atoms with Crippen LogP contribution in [0.15, 0.2) is 85.1 Å². The highest BCUT2D eigenvalue weighted by atomic mass is 16.7. The van der Waals surface area contributed by atoms with Gasteiger partial charge >= 0.3 is 5.97 Å². The van der Waals surface area contributed by atoms with Crippen LogP contribution in [0.3, 0.4) is 0 Å². The number of aliphatic hydroxyl groups is 5. The fraction of sp³-hybridized carbons (Fsp3) is 0.750. The van der Waals surface area contributed by atoms with Crippen molar-refractivity contribution in [1.29, 1.82) is 0 Å². The molecular weight excluding hydrogens is 943 g/mol. The first-order valence-corrected chi connectivity index (χ1v) is 30.4. The molecule has 8 atom stereocenters. The highest BCUT2D eigenvalue weighted by Gasteiger charge is 2.47. The maximum absolute atomic E-state index is 13.4. The summed E-state index contributed by atoms with van der Waals surface area (Å²) in [5.74, 6) is -1.22. The van der Waals surface area contributed by atoms with Crippen molar-refractivity contribution in [3.05, 3.63) is 85.1 Å². The third kappa shape index (κ3) is 39.8. The molecule has 11 heteroatoms. The summed E-state index contributed by atoms with van der Waals surface area (Å²) in [6.07, 6.45) is 56.2. The van der Waals surface area contributed by atoms with E-state index in [1.807, 2.05) is 6.08 Å². The Morgan fingerprint density at radius 2 is 0.960 bits per heavy atom. The predicted octanol–water partition coefficient (Wildman–Crippen LogP) is 14.2. The van der Waals surface area contributed by atoms with Gasteiger partial charge in [-0.2, -0.15) is 0 Å². The number of allylic oxidation sites excluding steroid dienone is 13. The average Bonchev–Trinajstić information content (AvgIpc) is 3.41. The molecule has 0 aromatic carbocycles. The second kappa shape index (κ2) is 51.6. The van der Waals surface area contributed by atoms with Crippen LogP contribution in [-0.4, -0.2) is 99.6 Å². The number of ether oxygens (including phenoxy) is 3. The number of nitrogens with one attached hydrogen (secondary N) is 1. The van der Waals surface area contributed by atoms with Crippen LogP contribution in [0.2, 0.25) is 0 Å². The number of carbonyl (C=O) groups is 2. The second-order valence-electron chi connectivity index (χ2n) is 20.7. The molecule has 0 spiro atoms. The number of amides is 1. The van der Waals surface area contributed by atoms with Crippen LogP contribution in [0.5, 0.6) is 0 Å². The van der Waals surface area contributed by atoms with Crippen molar-refractivity contribution < 1.29 is 49.3 Å². The van der Waals surface area contributed by atoms with Gasteiger partial charge in [-0.05, 0) is 77.0 Å². The monoisotopic (exact) mass is 1050 g/mol. The van der Waals surface area contributed by atoms with Gasteiger partial charge in [0.15, 0.2) is 12.4 Å². The lowest BCUT2D eigenvalue weighted by molar-refractivity contribution is -0.305. The van der Waals surface area contributed by atoms with Crippen LogP contribution in [0.25, 0.3) is 0 Å². The van der Waals surface area contributed by atoms with Crippen molar-refractivity contribution >= 4 is 11.9 Å². The van der Waals surface area contributed by atoms with E-state index >= 15 is 0 Å². The Labute approximate surface area is 457 Å². The van der Waals surface area contributed by atoms with E-state index < -0.39 is 67.4 Å². The molecule has 0 bridgehead atoms. The van der Waals surface area contributed by atoms with E-state index in [0.717, 1.165) is 103 Å². The Balaban J connectivity index is 2.70. The second-order valence-corrected chi connectivity index (χ2v) is 20.7. The Kier molecular flexibility index (Phi) is 48.0. The van der Waals surface area contributed by atoms with Crippen molar-refractivity contribution in [2.24, 2.45) is 0 Å². The molecule has 1 saturated heterocycles. The SMILES string of the molecule is CC/C=C\C/C=C\C/C=C\C/C=C\C/C=C\C/C=C\CCCCCC(O)C(=O)NC(COC1OC(CO)C(O)C(O)C1OC(=O)CCCCCCCCCCCCCCC)C(O)/C=C/CCCCCCCCCCC. The van der Waals surface area contributed by atoms with Crippen molar-refractivity contribution in [2.45, 2.75) is 294 Å². The van der Waals surface area contributed by atoms with E-state index in [1.165, 1.54) is 96.3 Å². The molecule has 1 aliphatic heterocycles. The standard InChI is InChI=1S/C64H111NO10/c1-4-7-10-13-16-19-22-24-25-26-27-28-29-30-31-32-34-36-39-42-45-48-51-57(68)63(72)65-55(56(67)50-47-44-41-38-35-21-18-15-12-9-6-3)54-73-64-62(61(71)60(70)58(53-66)74-64)75-59(69)52-49-46-43-40-37-33-23-20-17-14-11-8-5-2/h7,10,16,19,24-25,27-28,30-31,34,36,47,50,55-58,60-62,64,66-68,70-71H,4-6,8-9,11-15,17-18,20-23,26,29,32-33,35,37-46,48-49,51-54H2,1-3H3,(H,65,72)/b10-7-,19-16-,25-24-,28-27-,31-30-,36-34-,50-47+. The van der Waals surface area contributed by atoms with Gasteiger partial charge < -0.3 is 45.1 Å². The van der Waals surface area contributed by atoms with Crippen molar-refractivity contribution in [3.8, 4) is 0 Å². The van der Waals surface area contributed by atoms with E-state index in [9.17, 15) is 35.1 Å². The summed E-state index contributed by atoms with van der Waals surface area (Å²) >= 11 is 0. The molecule has 75 heavy (non-hydrogen) atoms. The minimum atomic E-state index is -1.62. The van der Waals surface area contributed by atoms with E-state index in [2.05, 4.69) is 99.0 Å². The molecule has 6 N–H and O–H groups in total. The zero-order valence-electron chi connectivity index (χ0n) is 47.6. The first kappa shape index (κ1) is 69.9. The van der Waals surface area contributed by atoms with E-state index in [0.29, 0.717) is 12.8 Å². The van der Waals surface area contributed by atoms with Gasteiger partial charge in [0, 0.05) is 6.42 Å². The summed E-state index contributed by atoms with van der Waals surface area (Å²) in [4.78, 5) is 26.5. The van der Waals surface area contributed by atoms with Crippen LogP contribution in [-0.2, 0) is 23.8 Å². The molecule has 1 amide bonds. The molecule has 0 aromatic heterocycles. The molecule has 1 heterocycles. The zero-order valence-corrected chi connectivity index (χ0v) is 47.6. The molecule has 1 rings (SSSR count). The lowest BCUT2D eigenvalue weighted by Gasteiger charge is -2.41. The summed E-state index contributed by atoms with van der Waals surface area (Å²) in [6.45, 7) is 5.64. The Morgan fingerprint density at radius 3 is 1.44 bits per heavy atom. The van der Waals surface area contributed by atoms with Gasteiger partial charge in [-0.1, -0.05) is 247 Å². The van der Waals surface area contributed by atoms with E-state index in [-0.39, 0.29) is 19.4 Å². The fourth-order valence-electron chi connectivity index (χ4n) is 9.01. The average molecular weight is 1050 g/mol. The quantitative estimate of drug-likeness (QED) is 0.0195. The topological polar surface area (TPSA) is 175 Å². The van der Waals surface area contributed by atoms with Crippen LogP contribution in [0, 0.1) is 0 Å². The van der Waals surface area contributed by atoms with Gasteiger partial charge in [0.2, 0.25) is 5.91 Å². The lowest BCUT2D eigenvalue weighted by atomic mass is 9.99. The zero-order chi connectivity index (χ0) is 54.7. The highest BCUT2D eigenvalue weighted by molar-refractivity contribution is 5.80. The largest absolute Gasteiger partial charge is 0.454 e. The smallest absolute Gasteiger partial charge is 0.306 e. The molecule has 0 aliphatic carbocycles. The molecule has 0 radical (unpaired) electrons. The molecule has 1 aliphatic rings. The van der Waals surface area contributed by atoms with Crippen molar-refractivity contribution in [3.63, 3.8) is 0 Å². The van der Waals surface area contributed by atoms with Crippen LogP contribution >= 0.6 is 0 Å². The lowest BCUT2D eigenvalue weighted by Crippen LogP contribution is -2.61. The van der Waals surface area contributed by atoms with Gasteiger partial charge in [0.05, 0.1) is 25.4 Å². The normalized spacial score (nSPS) is 19.8. The summed E-state index contributed by atoms with van der Waals surface area (Å²) < 4.78 is 17.6. The fourth-order valence-corrected chi connectivity index (χ4v) is 9.01. The summed E-state index contributed by atoms with van der Waals surface area (Å²) in [5, 5.41) is 56.8. The maximum Gasteiger partial charge on any atom is 0.306 e.